The summed E-state index contributed by atoms with van der Waals surface area (Å²) in [7, 11) is -1.64. The lowest BCUT2D eigenvalue weighted by molar-refractivity contribution is 0.254. The van der Waals surface area contributed by atoms with Gasteiger partial charge in [0.05, 0.1) is 11.2 Å². The molecule has 2 heterocycles. The maximum Gasteiger partial charge on any atom is 0.352 e. The fraction of sp³-hybridized carbons (Fsp3) is 0.438. The maximum atomic E-state index is 13.3. The van der Waals surface area contributed by atoms with E-state index in [0.717, 1.165) is 16.5 Å². The van der Waals surface area contributed by atoms with Gasteiger partial charge in [0.25, 0.3) is 0 Å². The smallest absolute Gasteiger partial charge is 0.352 e. The van der Waals surface area contributed by atoms with Crippen LogP contribution >= 0.6 is 15.2 Å². The molecule has 8 nitrogen and oxygen atoms in total. The van der Waals surface area contributed by atoms with Crippen molar-refractivity contribution < 1.29 is 27.2 Å². The van der Waals surface area contributed by atoms with Crippen molar-refractivity contribution in [1.29, 1.82) is 0 Å². The predicted molar refractivity (Wildman–Crippen MR) is 99.8 cm³/mol. The van der Waals surface area contributed by atoms with Crippen molar-refractivity contribution in [2.45, 2.75) is 17.9 Å². The van der Waals surface area contributed by atoms with Gasteiger partial charge in [-0.25, -0.2) is 0 Å². The Morgan fingerprint density at radius 1 is 1.00 bits per heavy atom. The minimum absolute atomic E-state index is 0.193. The minimum Gasteiger partial charge on any atom is -0.371 e. The molecular weight excluding hydrogens is 378 g/mol. The van der Waals surface area contributed by atoms with Crippen LogP contribution in [0.5, 0.6) is 0 Å². The largest absolute Gasteiger partial charge is 0.371 e. The average molecular weight is 400 g/mol. The molecule has 3 rings (SSSR count). The van der Waals surface area contributed by atoms with Crippen LogP contribution in [0.25, 0.3) is 10.9 Å². The van der Waals surface area contributed by atoms with Gasteiger partial charge >= 0.3 is 15.2 Å². The third-order valence-corrected chi connectivity index (χ3v) is 9.08. The van der Waals surface area contributed by atoms with Crippen LogP contribution in [0.2, 0.25) is 0 Å². The van der Waals surface area contributed by atoms with Crippen LogP contribution in [0.1, 0.15) is 17.6 Å². The third-order valence-electron chi connectivity index (χ3n) is 4.71. The molecule has 0 saturated heterocycles. The molecule has 0 aliphatic carbocycles. The van der Waals surface area contributed by atoms with Crippen LogP contribution in [-0.4, -0.2) is 39.2 Å². The van der Waals surface area contributed by atoms with E-state index in [4.69, 9.17) is 18.1 Å². The zero-order valence-corrected chi connectivity index (χ0v) is 16.8. The minimum atomic E-state index is -3.52. The van der Waals surface area contributed by atoms with E-state index in [0.29, 0.717) is 5.69 Å². The van der Waals surface area contributed by atoms with E-state index in [2.05, 4.69) is 10.3 Å². The summed E-state index contributed by atoms with van der Waals surface area (Å²) in [5, 5.41) is 4.04. The normalized spacial score (nSPS) is 20.6. The molecule has 0 bridgehead atoms. The van der Waals surface area contributed by atoms with E-state index in [1.165, 1.54) is 28.4 Å². The molecular formula is C16H22N2O6P2. The fourth-order valence-electron chi connectivity index (χ4n) is 3.38. The first kappa shape index (κ1) is 19.5. The highest BCUT2D eigenvalue weighted by Crippen LogP contribution is 2.68. The summed E-state index contributed by atoms with van der Waals surface area (Å²) in [5.41, 5.74) is 1.55. The highest BCUT2D eigenvalue weighted by molar-refractivity contribution is 7.55. The Hall–Kier alpha value is -1.27. The first-order chi connectivity index (χ1) is 12.4. The van der Waals surface area contributed by atoms with Crippen molar-refractivity contribution in [2.24, 2.45) is 0 Å². The van der Waals surface area contributed by atoms with E-state index in [9.17, 15) is 9.13 Å². The van der Waals surface area contributed by atoms with E-state index < -0.39 is 26.6 Å². The molecule has 0 fully saturated rings. The Kier molecular flexibility index (Phi) is 5.54. The molecule has 2 unspecified atom stereocenters. The molecule has 142 valence electrons. The van der Waals surface area contributed by atoms with Crippen LogP contribution < -0.4 is 5.32 Å². The molecule has 0 radical (unpaired) electrons. The first-order valence-corrected chi connectivity index (χ1v) is 11.2. The van der Waals surface area contributed by atoms with Gasteiger partial charge in [-0.3, -0.25) is 14.1 Å². The molecule has 2 atom stereocenters. The summed E-state index contributed by atoms with van der Waals surface area (Å²) < 4.78 is 47.1. The number of nitrogens with one attached hydrogen (secondary N) is 1. The lowest BCUT2D eigenvalue weighted by Gasteiger charge is -2.37. The number of hydrogen-bond donors (Lipinski definition) is 1. The molecule has 0 saturated carbocycles. The maximum absolute atomic E-state index is 13.3. The van der Waals surface area contributed by atoms with Crippen molar-refractivity contribution in [1.82, 2.24) is 4.98 Å². The monoisotopic (exact) mass is 400 g/mol. The molecule has 26 heavy (non-hydrogen) atoms. The van der Waals surface area contributed by atoms with Crippen molar-refractivity contribution in [3.05, 3.63) is 36.0 Å². The van der Waals surface area contributed by atoms with E-state index in [1.54, 1.807) is 6.20 Å². The van der Waals surface area contributed by atoms with Gasteiger partial charge < -0.3 is 23.4 Å². The van der Waals surface area contributed by atoms with E-state index in [-0.39, 0.29) is 6.42 Å². The van der Waals surface area contributed by atoms with Crippen LogP contribution in [-0.2, 0) is 27.2 Å². The van der Waals surface area contributed by atoms with E-state index in [1.807, 2.05) is 24.3 Å². The Bertz CT molecular complexity index is 889. The number of pyridine rings is 1. The zero-order chi connectivity index (χ0) is 18.9. The number of hydrogen-bond acceptors (Lipinski definition) is 8. The molecule has 1 N–H and O–H groups in total. The van der Waals surface area contributed by atoms with Gasteiger partial charge in [-0.1, -0.05) is 6.07 Å². The average Bonchev–Trinajstić information content (AvgIpc) is 2.71. The second kappa shape index (κ2) is 7.39. The molecule has 2 aromatic rings. The van der Waals surface area contributed by atoms with Crippen molar-refractivity contribution in [2.75, 3.05) is 33.8 Å². The highest BCUT2D eigenvalue weighted by atomic mass is 31.2. The van der Waals surface area contributed by atoms with Crippen LogP contribution in [0, 0.1) is 0 Å². The molecule has 1 aliphatic heterocycles. The number of nitrogens with zero attached hydrogens (tertiary/aromatic N) is 1. The van der Waals surface area contributed by atoms with Crippen LogP contribution in [0.15, 0.2) is 30.5 Å². The summed E-state index contributed by atoms with van der Waals surface area (Å²) in [5.74, 6) is -0.692. The van der Waals surface area contributed by atoms with Crippen LogP contribution in [0.4, 0.5) is 5.69 Å². The van der Waals surface area contributed by atoms with E-state index >= 15 is 0 Å². The highest BCUT2D eigenvalue weighted by Gasteiger charge is 2.47. The van der Waals surface area contributed by atoms with Gasteiger partial charge in [-0.05, 0) is 30.2 Å². The predicted octanol–water partition coefficient (Wildman–Crippen LogP) is 4.39. The SMILES string of the molecule is COP(=O)(OC)C1CC(P(=O)(OC)OC)c2c(ccc3ncccc23)N1. The number of rotatable bonds is 6. The Labute approximate surface area is 152 Å². The summed E-state index contributed by atoms with van der Waals surface area (Å²) in [6, 6.07) is 7.37. The van der Waals surface area contributed by atoms with Gasteiger partial charge in [0, 0.05) is 45.7 Å². The van der Waals surface area contributed by atoms with Crippen molar-refractivity contribution >= 4 is 31.8 Å². The zero-order valence-electron chi connectivity index (χ0n) is 15.0. The van der Waals surface area contributed by atoms with Crippen molar-refractivity contribution in [3.8, 4) is 0 Å². The number of anilines is 1. The second-order valence-electron chi connectivity index (χ2n) is 5.82. The lowest BCUT2D eigenvalue weighted by Crippen LogP contribution is -2.30. The summed E-state index contributed by atoms with van der Waals surface area (Å²) in [4.78, 5) is 4.35. The molecule has 0 amide bonds. The number of aromatic nitrogens is 1. The van der Waals surface area contributed by atoms with Crippen LogP contribution in [0.3, 0.4) is 0 Å². The van der Waals surface area contributed by atoms with Crippen molar-refractivity contribution in [3.63, 3.8) is 0 Å². The molecule has 10 heteroatoms. The second-order valence-corrected chi connectivity index (χ2v) is 10.7. The Morgan fingerprint density at radius 2 is 1.65 bits per heavy atom. The Balaban J connectivity index is 2.23. The summed E-state index contributed by atoms with van der Waals surface area (Å²) in [6.07, 6.45) is 1.89. The molecule has 0 spiro atoms. The standard InChI is InChI=1S/C16H22N2O6P2/c1-21-25(19,22-2)14-10-15(26(20,23-3)24-4)18-13-8-7-12-11(16(13)14)6-5-9-17-12/h5-9,14-15,18H,10H2,1-4H3. The fourth-order valence-corrected chi connectivity index (χ4v) is 6.69. The molecule has 1 aliphatic rings. The summed E-state index contributed by atoms with van der Waals surface area (Å²) >= 11 is 0. The Morgan fingerprint density at radius 3 is 2.27 bits per heavy atom. The molecule has 1 aromatic carbocycles. The summed E-state index contributed by atoms with van der Waals surface area (Å²) in [6.45, 7) is 0. The van der Waals surface area contributed by atoms with Gasteiger partial charge in [-0.15, -0.1) is 0 Å². The number of benzene rings is 1. The molecule has 1 aromatic heterocycles. The quantitative estimate of drug-likeness (QED) is 0.714. The van der Waals surface area contributed by atoms with Gasteiger partial charge in [0.2, 0.25) is 0 Å². The van der Waals surface area contributed by atoms with Gasteiger partial charge in [0.15, 0.2) is 0 Å². The topological polar surface area (TPSA) is 96.0 Å². The lowest BCUT2D eigenvalue weighted by atomic mass is 9.98. The van der Waals surface area contributed by atoms with Gasteiger partial charge in [-0.2, -0.15) is 0 Å². The first-order valence-electron chi connectivity index (χ1n) is 7.99. The number of fused-ring (bicyclic) bond motifs is 3. The van der Waals surface area contributed by atoms with Gasteiger partial charge in [0.1, 0.15) is 5.78 Å². The third kappa shape index (κ3) is 3.11.